The van der Waals surface area contributed by atoms with Crippen molar-refractivity contribution in [1.29, 1.82) is 0 Å². The van der Waals surface area contributed by atoms with Gasteiger partial charge < -0.3 is 5.32 Å². The largest absolute Gasteiger partial charge is 0.347 e. The predicted molar refractivity (Wildman–Crippen MR) is 68.6 cm³/mol. The third-order valence-electron chi connectivity index (χ3n) is 1.69. The Bertz CT molecular complexity index is 385. The summed E-state index contributed by atoms with van der Waals surface area (Å²) in [5.41, 5.74) is 0.362. The van der Waals surface area contributed by atoms with Gasteiger partial charge in [-0.15, -0.1) is 12.6 Å². The van der Waals surface area contributed by atoms with Gasteiger partial charge in [0.15, 0.2) is 0 Å². The Morgan fingerprint density at radius 1 is 1.40 bits per heavy atom. The summed E-state index contributed by atoms with van der Waals surface area (Å²) in [5.74, 6) is -0.0972. The molecule has 0 fully saturated rings. The van der Waals surface area contributed by atoms with Crippen LogP contribution in [-0.2, 0) is 0 Å². The van der Waals surface area contributed by atoms with Crippen LogP contribution < -0.4 is 5.32 Å². The second-order valence-corrected chi connectivity index (χ2v) is 5.76. The first-order valence-corrected chi connectivity index (χ1v) is 5.84. The van der Waals surface area contributed by atoms with Gasteiger partial charge in [-0.3, -0.25) is 4.79 Å². The van der Waals surface area contributed by atoms with E-state index in [4.69, 9.17) is 0 Å². The summed E-state index contributed by atoms with van der Waals surface area (Å²) in [6, 6.07) is 5.39. The summed E-state index contributed by atoms with van der Waals surface area (Å²) in [4.78, 5) is 12.5. The summed E-state index contributed by atoms with van der Waals surface area (Å²) in [6.07, 6.45) is 0. The highest BCUT2D eigenvalue weighted by Crippen LogP contribution is 2.20. The number of nitrogens with one attached hydrogen (secondary N) is 1. The summed E-state index contributed by atoms with van der Waals surface area (Å²) in [6.45, 7) is 5.84. The van der Waals surface area contributed by atoms with Crippen molar-refractivity contribution < 1.29 is 4.79 Å². The van der Waals surface area contributed by atoms with E-state index < -0.39 is 0 Å². The van der Waals surface area contributed by atoms with Gasteiger partial charge in [-0.25, -0.2) is 0 Å². The SMILES string of the molecule is CC(C)(C)NC(=O)c1ccc(Br)cc1S. The van der Waals surface area contributed by atoms with Crippen molar-refractivity contribution >= 4 is 34.5 Å². The number of halogens is 1. The Balaban J connectivity index is 2.92. The second kappa shape index (κ2) is 4.58. The van der Waals surface area contributed by atoms with E-state index in [1.807, 2.05) is 26.8 Å². The van der Waals surface area contributed by atoms with Gasteiger partial charge in [0.05, 0.1) is 5.56 Å². The molecular weight excluding hydrogens is 274 g/mol. The molecule has 0 radical (unpaired) electrons. The minimum absolute atomic E-state index is 0.0972. The lowest BCUT2D eigenvalue weighted by Crippen LogP contribution is -2.40. The zero-order valence-corrected chi connectivity index (χ0v) is 11.4. The third-order valence-corrected chi connectivity index (χ3v) is 2.56. The highest BCUT2D eigenvalue weighted by molar-refractivity contribution is 9.10. The summed E-state index contributed by atoms with van der Waals surface area (Å²) >= 11 is 7.59. The Morgan fingerprint density at radius 2 is 2.00 bits per heavy atom. The number of hydrogen-bond acceptors (Lipinski definition) is 2. The fraction of sp³-hybridized carbons (Fsp3) is 0.364. The summed E-state index contributed by atoms with van der Waals surface area (Å²) in [5, 5.41) is 2.89. The first-order valence-electron chi connectivity index (χ1n) is 4.60. The van der Waals surface area contributed by atoms with Gasteiger partial charge in [0, 0.05) is 14.9 Å². The van der Waals surface area contributed by atoms with Gasteiger partial charge in [0.1, 0.15) is 0 Å². The van der Waals surface area contributed by atoms with E-state index in [9.17, 15) is 4.79 Å². The van der Waals surface area contributed by atoms with Crippen LogP contribution in [0.4, 0.5) is 0 Å². The molecular formula is C11H14BrNOS. The molecule has 15 heavy (non-hydrogen) atoms. The van der Waals surface area contributed by atoms with Crippen molar-refractivity contribution in [2.24, 2.45) is 0 Å². The number of hydrogen-bond donors (Lipinski definition) is 2. The molecule has 0 unspecified atom stereocenters. The molecule has 0 heterocycles. The van der Waals surface area contributed by atoms with Crippen molar-refractivity contribution in [3.05, 3.63) is 28.2 Å². The lowest BCUT2D eigenvalue weighted by Gasteiger charge is -2.21. The lowest BCUT2D eigenvalue weighted by molar-refractivity contribution is 0.0916. The Kier molecular flexibility index (Phi) is 3.84. The number of rotatable bonds is 1. The lowest BCUT2D eigenvalue weighted by atomic mass is 10.1. The van der Waals surface area contributed by atoms with E-state index in [0.29, 0.717) is 10.5 Å². The quantitative estimate of drug-likeness (QED) is 0.763. The molecule has 1 N–H and O–H groups in total. The van der Waals surface area contributed by atoms with Crippen LogP contribution in [0.2, 0.25) is 0 Å². The number of thiol groups is 1. The van der Waals surface area contributed by atoms with Crippen molar-refractivity contribution in [2.75, 3.05) is 0 Å². The molecule has 0 spiro atoms. The van der Waals surface area contributed by atoms with Crippen molar-refractivity contribution in [3.8, 4) is 0 Å². The van der Waals surface area contributed by atoms with E-state index in [-0.39, 0.29) is 11.4 Å². The topological polar surface area (TPSA) is 29.1 Å². The zero-order valence-electron chi connectivity index (χ0n) is 8.97. The Morgan fingerprint density at radius 3 is 2.47 bits per heavy atom. The van der Waals surface area contributed by atoms with E-state index in [2.05, 4.69) is 33.9 Å². The minimum Gasteiger partial charge on any atom is -0.347 e. The maximum absolute atomic E-state index is 11.8. The molecule has 0 aromatic heterocycles. The molecule has 82 valence electrons. The second-order valence-electron chi connectivity index (χ2n) is 4.37. The molecule has 0 saturated heterocycles. The molecule has 1 aromatic rings. The van der Waals surface area contributed by atoms with Crippen LogP contribution in [0.15, 0.2) is 27.6 Å². The monoisotopic (exact) mass is 287 g/mol. The minimum atomic E-state index is -0.232. The average Bonchev–Trinajstić information content (AvgIpc) is 1.99. The van der Waals surface area contributed by atoms with Crippen LogP contribution in [-0.4, -0.2) is 11.4 Å². The zero-order chi connectivity index (χ0) is 11.6. The van der Waals surface area contributed by atoms with Crippen LogP contribution in [0.3, 0.4) is 0 Å². The fourth-order valence-corrected chi connectivity index (χ4v) is 1.96. The first kappa shape index (κ1) is 12.6. The molecule has 1 rings (SSSR count). The molecule has 4 heteroatoms. The maximum atomic E-state index is 11.8. The Labute approximate surface area is 104 Å². The van der Waals surface area contributed by atoms with Gasteiger partial charge in [0.25, 0.3) is 5.91 Å². The van der Waals surface area contributed by atoms with Gasteiger partial charge in [-0.05, 0) is 39.0 Å². The highest BCUT2D eigenvalue weighted by Gasteiger charge is 2.16. The van der Waals surface area contributed by atoms with E-state index in [1.165, 1.54) is 0 Å². The van der Waals surface area contributed by atoms with Crippen LogP contribution in [0, 0.1) is 0 Å². The first-order chi connectivity index (χ1) is 6.79. The Hall–Kier alpha value is -0.480. The predicted octanol–water partition coefficient (Wildman–Crippen LogP) is 3.27. The van der Waals surface area contributed by atoms with Crippen molar-refractivity contribution in [3.63, 3.8) is 0 Å². The molecule has 1 aromatic carbocycles. The molecule has 0 bridgehead atoms. The highest BCUT2D eigenvalue weighted by atomic mass is 79.9. The van der Waals surface area contributed by atoms with Gasteiger partial charge >= 0.3 is 0 Å². The average molecular weight is 288 g/mol. The van der Waals surface area contributed by atoms with Crippen LogP contribution in [0.1, 0.15) is 31.1 Å². The van der Waals surface area contributed by atoms with E-state index in [0.717, 1.165) is 4.47 Å². The normalized spacial score (nSPS) is 11.3. The molecule has 0 saturated carbocycles. The number of carbonyl (C=O) groups is 1. The van der Waals surface area contributed by atoms with Crippen LogP contribution >= 0.6 is 28.6 Å². The third kappa shape index (κ3) is 3.87. The maximum Gasteiger partial charge on any atom is 0.252 e. The molecule has 0 aliphatic heterocycles. The molecule has 0 atom stereocenters. The summed E-state index contributed by atoms with van der Waals surface area (Å²) in [7, 11) is 0. The van der Waals surface area contributed by atoms with E-state index >= 15 is 0 Å². The molecule has 2 nitrogen and oxygen atoms in total. The number of benzene rings is 1. The molecule has 0 aliphatic rings. The standard InChI is InChI=1S/C11H14BrNOS/c1-11(2,3)13-10(14)8-5-4-7(12)6-9(8)15/h4-6,15H,1-3H3,(H,13,14). The van der Waals surface area contributed by atoms with Crippen LogP contribution in [0.25, 0.3) is 0 Å². The van der Waals surface area contributed by atoms with E-state index in [1.54, 1.807) is 12.1 Å². The smallest absolute Gasteiger partial charge is 0.252 e. The summed E-state index contributed by atoms with van der Waals surface area (Å²) < 4.78 is 0.916. The van der Waals surface area contributed by atoms with Gasteiger partial charge in [-0.2, -0.15) is 0 Å². The number of amides is 1. The van der Waals surface area contributed by atoms with Crippen molar-refractivity contribution in [2.45, 2.75) is 31.2 Å². The van der Waals surface area contributed by atoms with Gasteiger partial charge in [0.2, 0.25) is 0 Å². The number of carbonyl (C=O) groups excluding carboxylic acids is 1. The van der Waals surface area contributed by atoms with Crippen molar-refractivity contribution in [1.82, 2.24) is 5.32 Å². The molecule has 0 aliphatic carbocycles. The van der Waals surface area contributed by atoms with Gasteiger partial charge in [-0.1, -0.05) is 15.9 Å². The van der Waals surface area contributed by atoms with Crippen LogP contribution in [0.5, 0.6) is 0 Å². The fourth-order valence-electron chi connectivity index (χ4n) is 1.10. The molecule has 1 amide bonds.